The Balaban J connectivity index is 2.03. The molecule has 2 aliphatic carbocycles. The van der Waals surface area contributed by atoms with Crippen LogP contribution in [0.4, 0.5) is 0 Å². The fourth-order valence-corrected chi connectivity index (χ4v) is 2.99. The minimum absolute atomic E-state index is 0.0317. The van der Waals surface area contributed by atoms with E-state index in [1.54, 1.807) is 0 Å². The third kappa shape index (κ3) is 4.68. The Kier molecular flexibility index (Phi) is 5.67. The molecule has 2 fully saturated rings. The van der Waals surface area contributed by atoms with Crippen molar-refractivity contribution in [3.63, 3.8) is 0 Å². The molecular formula is C17H32N2O2. The molecule has 1 atom stereocenters. The van der Waals surface area contributed by atoms with Crippen LogP contribution in [0.15, 0.2) is 0 Å². The molecule has 21 heavy (non-hydrogen) atoms. The lowest BCUT2D eigenvalue weighted by molar-refractivity contribution is -0.153. The minimum Gasteiger partial charge on any atom is -0.465 e. The molecule has 0 aromatic heterocycles. The van der Waals surface area contributed by atoms with Gasteiger partial charge in [0.15, 0.2) is 0 Å². The number of likely N-dealkylation sites (N-methyl/N-ethyl adjacent to an activating group) is 1. The zero-order valence-corrected chi connectivity index (χ0v) is 14.2. The first-order valence-corrected chi connectivity index (χ1v) is 8.61. The average Bonchev–Trinajstić information content (AvgIpc) is 3.27. The summed E-state index contributed by atoms with van der Waals surface area (Å²) in [7, 11) is 2.13. The van der Waals surface area contributed by atoms with E-state index in [0.29, 0.717) is 24.5 Å². The Labute approximate surface area is 129 Å². The molecule has 0 aromatic rings. The van der Waals surface area contributed by atoms with Gasteiger partial charge in [-0.25, -0.2) is 4.79 Å². The van der Waals surface area contributed by atoms with Crippen molar-refractivity contribution in [1.82, 2.24) is 10.2 Å². The lowest BCUT2D eigenvalue weighted by Gasteiger charge is -2.36. The van der Waals surface area contributed by atoms with Crippen molar-refractivity contribution >= 4 is 5.97 Å². The molecule has 2 rings (SSSR count). The van der Waals surface area contributed by atoms with Gasteiger partial charge in [0, 0.05) is 12.6 Å². The molecule has 0 spiro atoms. The zero-order valence-electron chi connectivity index (χ0n) is 14.2. The van der Waals surface area contributed by atoms with Crippen molar-refractivity contribution in [2.75, 3.05) is 26.7 Å². The van der Waals surface area contributed by atoms with E-state index < -0.39 is 5.54 Å². The van der Waals surface area contributed by atoms with E-state index in [-0.39, 0.29) is 5.97 Å². The highest BCUT2D eigenvalue weighted by atomic mass is 16.5. The fourth-order valence-electron chi connectivity index (χ4n) is 2.99. The van der Waals surface area contributed by atoms with Crippen LogP contribution in [-0.4, -0.2) is 49.2 Å². The van der Waals surface area contributed by atoms with Crippen LogP contribution in [-0.2, 0) is 9.53 Å². The van der Waals surface area contributed by atoms with E-state index >= 15 is 0 Å². The Morgan fingerprint density at radius 2 is 2.00 bits per heavy atom. The lowest BCUT2D eigenvalue weighted by Crippen LogP contribution is -2.61. The number of nitrogens with zero attached hydrogens (tertiary/aromatic N) is 1. The monoisotopic (exact) mass is 296 g/mol. The highest BCUT2D eigenvalue weighted by Gasteiger charge is 2.54. The predicted octanol–water partition coefficient (Wildman–Crippen LogP) is 2.43. The van der Waals surface area contributed by atoms with Gasteiger partial charge in [-0.2, -0.15) is 0 Å². The normalized spacial score (nSPS) is 21.6. The maximum absolute atomic E-state index is 12.7. The molecule has 0 aliphatic heterocycles. The van der Waals surface area contributed by atoms with Gasteiger partial charge in [-0.3, -0.25) is 5.32 Å². The minimum atomic E-state index is -0.469. The number of nitrogens with one attached hydrogen (secondary N) is 1. The van der Waals surface area contributed by atoms with Gasteiger partial charge in [0.1, 0.15) is 5.54 Å². The third-order valence-corrected chi connectivity index (χ3v) is 4.56. The summed E-state index contributed by atoms with van der Waals surface area (Å²) in [6.45, 7) is 8.67. The summed E-state index contributed by atoms with van der Waals surface area (Å²) in [5.41, 5.74) is -0.469. The van der Waals surface area contributed by atoms with Crippen LogP contribution in [0.2, 0.25) is 0 Å². The SMILES string of the molecule is CCOC(=O)C(CN(C)CCC(C)C)(NC1CC1)C1CC1. The Morgan fingerprint density at radius 3 is 2.48 bits per heavy atom. The maximum atomic E-state index is 12.7. The number of hydrogen-bond acceptors (Lipinski definition) is 4. The number of hydrogen-bond donors (Lipinski definition) is 1. The van der Waals surface area contributed by atoms with Gasteiger partial charge in [-0.15, -0.1) is 0 Å². The lowest BCUT2D eigenvalue weighted by atomic mass is 9.91. The molecule has 0 aromatic carbocycles. The summed E-state index contributed by atoms with van der Waals surface area (Å²) in [6.07, 6.45) is 5.86. The molecule has 2 saturated carbocycles. The van der Waals surface area contributed by atoms with Crippen molar-refractivity contribution in [1.29, 1.82) is 0 Å². The summed E-state index contributed by atoms with van der Waals surface area (Å²) >= 11 is 0. The molecule has 0 radical (unpaired) electrons. The van der Waals surface area contributed by atoms with E-state index in [9.17, 15) is 4.79 Å². The standard InChI is InChI=1S/C17H32N2O2/c1-5-21-16(20)17(14-6-7-14,18-15-8-9-15)12-19(4)11-10-13(2)3/h13-15,18H,5-12H2,1-4H3. The quantitative estimate of drug-likeness (QED) is 0.629. The first-order chi connectivity index (χ1) is 9.98. The second kappa shape index (κ2) is 7.10. The van der Waals surface area contributed by atoms with E-state index in [4.69, 9.17) is 4.74 Å². The highest BCUT2D eigenvalue weighted by Crippen LogP contribution is 2.42. The molecule has 2 aliphatic rings. The van der Waals surface area contributed by atoms with Crippen LogP contribution in [0.25, 0.3) is 0 Å². The predicted molar refractivity (Wildman–Crippen MR) is 85.2 cm³/mol. The van der Waals surface area contributed by atoms with Gasteiger partial charge < -0.3 is 9.64 Å². The van der Waals surface area contributed by atoms with Gasteiger partial charge >= 0.3 is 5.97 Å². The highest BCUT2D eigenvalue weighted by molar-refractivity contribution is 5.82. The summed E-state index contributed by atoms with van der Waals surface area (Å²) in [5.74, 6) is 1.12. The van der Waals surface area contributed by atoms with Crippen LogP contribution >= 0.6 is 0 Å². The van der Waals surface area contributed by atoms with Crippen LogP contribution in [0.5, 0.6) is 0 Å². The summed E-state index contributed by atoms with van der Waals surface area (Å²) in [6, 6.07) is 0.522. The van der Waals surface area contributed by atoms with Crippen LogP contribution in [0.1, 0.15) is 52.9 Å². The van der Waals surface area contributed by atoms with Crippen molar-refractivity contribution in [3.8, 4) is 0 Å². The van der Waals surface area contributed by atoms with Gasteiger partial charge in [0.05, 0.1) is 6.61 Å². The first-order valence-electron chi connectivity index (χ1n) is 8.61. The van der Waals surface area contributed by atoms with Crippen LogP contribution < -0.4 is 5.32 Å². The van der Waals surface area contributed by atoms with E-state index in [1.165, 1.54) is 19.3 Å². The van der Waals surface area contributed by atoms with Gasteiger partial charge in [-0.05, 0) is 64.5 Å². The van der Waals surface area contributed by atoms with Crippen LogP contribution in [0, 0.1) is 11.8 Å². The molecule has 122 valence electrons. The van der Waals surface area contributed by atoms with Crippen LogP contribution in [0.3, 0.4) is 0 Å². The summed E-state index contributed by atoms with van der Waals surface area (Å²) < 4.78 is 5.44. The summed E-state index contributed by atoms with van der Waals surface area (Å²) in [4.78, 5) is 15.0. The van der Waals surface area contributed by atoms with Crippen molar-refractivity contribution in [2.45, 2.75) is 64.5 Å². The van der Waals surface area contributed by atoms with Gasteiger partial charge in [0.25, 0.3) is 0 Å². The van der Waals surface area contributed by atoms with Gasteiger partial charge in [-0.1, -0.05) is 13.8 Å². The average molecular weight is 296 g/mol. The van der Waals surface area contributed by atoms with Crippen molar-refractivity contribution in [3.05, 3.63) is 0 Å². The molecule has 1 N–H and O–H groups in total. The number of carbonyl (C=O) groups excluding carboxylic acids is 1. The number of carbonyl (C=O) groups is 1. The van der Waals surface area contributed by atoms with Crippen molar-refractivity contribution in [2.24, 2.45) is 11.8 Å². The zero-order chi connectivity index (χ0) is 15.5. The van der Waals surface area contributed by atoms with E-state index in [2.05, 4.69) is 31.1 Å². The molecule has 1 unspecified atom stereocenters. The molecular weight excluding hydrogens is 264 g/mol. The maximum Gasteiger partial charge on any atom is 0.327 e. The number of ether oxygens (including phenoxy) is 1. The molecule has 0 amide bonds. The Morgan fingerprint density at radius 1 is 1.33 bits per heavy atom. The van der Waals surface area contributed by atoms with E-state index in [0.717, 1.165) is 25.9 Å². The molecule has 0 saturated heterocycles. The Hall–Kier alpha value is -0.610. The molecule has 0 heterocycles. The van der Waals surface area contributed by atoms with E-state index in [1.807, 2.05) is 6.92 Å². The topological polar surface area (TPSA) is 41.6 Å². The molecule has 4 heteroatoms. The number of rotatable bonds is 10. The first kappa shape index (κ1) is 16.8. The van der Waals surface area contributed by atoms with Gasteiger partial charge in [0.2, 0.25) is 0 Å². The smallest absolute Gasteiger partial charge is 0.327 e. The Bertz CT molecular complexity index is 351. The molecule has 4 nitrogen and oxygen atoms in total. The summed E-state index contributed by atoms with van der Waals surface area (Å²) in [5, 5.41) is 3.65. The third-order valence-electron chi connectivity index (χ3n) is 4.56. The largest absolute Gasteiger partial charge is 0.465 e. The second-order valence-corrected chi connectivity index (χ2v) is 7.31. The second-order valence-electron chi connectivity index (χ2n) is 7.31. The fraction of sp³-hybridized carbons (Fsp3) is 0.941. The molecule has 0 bridgehead atoms. The number of esters is 1. The van der Waals surface area contributed by atoms with Crippen molar-refractivity contribution < 1.29 is 9.53 Å².